The van der Waals surface area contributed by atoms with E-state index in [-0.39, 0.29) is 5.91 Å². The number of benzene rings is 2. The Morgan fingerprint density at radius 2 is 1.79 bits per heavy atom. The van der Waals surface area contributed by atoms with Crippen LogP contribution in [0.25, 0.3) is 10.2 Å². The molecule has 43 heavy (non-hydrogen) atoms. The summed E-state index contributed by atoms with van der Waals surface area (Å²) in [5, 5.41) is 8.14. The number of hydrogen-bond donors (Lipinski definition) is 2. The molecule has 0 saturated carbocycles. The molecule has 0 bridgehead atoms. The van der Waals surface area contributed by atoms with Crippen molar-refractivity contribution in [1.29, 1.82) is 0 Å². The molecule has 4 aromatic rings. The smallest absolute Gasteiger partial charge is 0.247 e. The van der Waals surface area contributed by atoms with Crippen molar-refractivity contribution >= 4 is 66.2 Å². The van der Waals surface area contributed by atoms with Crippen molar-refractivity contribution in [1.82, 2.24) is 14.9 Å². The van der Waals surface area contributed by atoms with E-state index in [0.29, 0.717) is 35.2 Å². The molecular formula is C30H37N7O4S2. The van der Waals surface area contributed by atoms with Crippen LogP contribution in [0.15, 0.2) is 60.5 Å². The second-order valence-electron chi connectivity index (χ2n) is 10.3. The number of nitrogens with zero attached hydrogens (tertiary/aromatic N) is 5. The average Bonchev–Trinajstić information content (AvgIpc) is 3.44. The Hall–Kier alpha value is -4.20. The third-order valence-electron chi connectivity index (χ3n) is 6.86. The zero-order chi connectivity index (χ0) is 31.3. The molecule has 2 N–H and O–H groups in total. The number of fused-ring (bicyclic) bond motifs is 1. The summed E-state index contributed by atoms with van der Waals surface area (Å²) in [6.07, 6.45) is 2.79. The fraction of sp³-hybridized carbons (Fsp3) is 0.300. The molecule has 0 atom stereocenters. The fourth-order valence-electron chi connectivity index (χ4n) is 4.45. The number of likely N-dealkylation sites (N-methyl/N-ethyl adjacent to an activating group) is 2. The highest BCUT2D eigenvalue weighted by molar-refractivity contribution is 7.92. The van der Waals surface area contributed by atoms with Gasteiger partial charge in [-0.3, -0.25) is 9.10 Å². The van der Waals surface area contributed by atoms with Crippen LogP contribution in [0.5, 0.6) is 5.75 Å². The van der Waals surface area contributed by atoms with Crippen LogP contribution in [-0.4, -0.2) is 83.8 Å². The molecule has 0 spiro atoms. The maximum Gasteiger partial charge on any atom is 0.247 e. The second kappa shape index (κ2) is 13.4. The summed E-state index contributed by atoms with van der Waals surface area (Å²) in [4.78, 5) is 26.1. The lowest BCUT2D eigenvalue weighted by atomic mass is 10.1. The third kappa shape index (κ3) is 7.61. The van der Waals surface area contributed by atoms with Crippen LogP contribution < -0.4 is 24.6 Å². The molecule has 11 nitrogen and oxygen atoms in total. The van der Waals surface area contributed by atoms with Gasteiger partial charge in [0.15, 0.2) is 0 Å². The predicted octanol–water partition coefficient (Wildman–Crippen LogP) is 4.55. The number of nitrogens with one attached hydrogen (secondary N) is 2. The number of aromatic nitrogens is 2. The molecule has 0 aliphatic heterocycles. The summed E-state index contributed by atoms with van der Waals surface area (Å²) in [5.41, 5.74) is 4.81. The fourth-order valence-corrected chi connectivity index (χ4v) is 5.81. The van der Waals surface area contributed by atoms with E-state index in [2.05, 4.69) is 22.1 Å². The van der Waals surface area contributed by atoms with Gasteiger partial charge in [0.05, 0.1) is 52.0 Å². The van der Waals surface area contributed by atoms with Crippen LogP contribution in [0.3, 0.4) is 0 Å². The second-order valence-corrected chi connectivity index (χ2v) is 13.2. The number of hydrogen-bond acceptors (Lipinski definition) is 10. The van der Waals surface area contributed by atoms with Crippen LogP contribution in [0.1, 0.15) is 11.3 Å². The Balaban J connectivity index is 1.75. The maximum atomic E-state index is 12.3. The molecule has 0 saturated heterocycles. The molecule has 2 heterocycles. The summed E-state index contributed by atoms with van der Waals surface area (Å²) in [7, 11) is 5.62. The Labute approximate surface area is 256 Å². The number of sulfonamides is 1. The van der Waals surface area contributed by atoms with Crippen LogP contribution in [0.2, 0.25) is 0 Å². The molecule has 228 valence electrons. The Kier molecular flexibility index (Phi) is 9.89. The minimum atomic E-state index is -3.46. The van der Waals surface area contributed by atoms with E-state index in [9.17, 15) is 13.2 Å². The zero-order valence-corrected chi connectivity index (χ0v) is 26.8. The highest BCUT2D eigenvalue weighted by Gasteiger charge is 2.20. The predicted molar refractivity (Wildman–Crippen MR) is 177 cm³/mol. The highest BCUT2D eigenvalue weighted by Crippen LogP contribution is 2.38. The van der Waals surface area contributed by atoms with Crippen molar-refractivity contribution in [2.75, 3.05) is 74.5 Å². The van der Waals surface area contributed by atoms with Crippen molar-refractivity contribution in [3.05, 3.63) is 71.8 Å². The van der Waals surface area contributed by atoms with Crippen LogP contribution >= 0.6 is 11.3 Å². The van der Waals surface area contributed by atoms with Gasteiger partial charge in [-0.15, -0.1) is 11.3 Å². The van der Waals surface area contributed by atoms with E-state index in [1.54, 1.807) is 26.3 Å². The van der Waals surface area contributed by atoms with E-state index >= 15 is 0 Å². The van der Waals surface area contributed by atoms with Gasteiger partial charge in [0.2, 0.25) is 21.9 Å². The topological polar surface area (TPSA) is 120 Å². The van der Waals surface area contributed by atoms with E-state index < -0.39 is 10.0 Å². The van der Waals surface area contributed by atoms with E-state index in [1.807, 2.05) is 61.8 Å². The molecule has 0 aliphatic rings. The largest absolute Gasteiger partial charge is 0.494 e. The molecule has 0 unspecified atom stereocenters. The van der Waals surface area contributed by atoms with E-state index in [0.717, 1.165) is 40.3 Å². The molecule has 4 rings (SSSR count). The molecule has 2 aromatic carbocycles. The van der Waals surface area contributed by atoms with Gasteiger partial charge in [0, 0.05) is 39.7 Å². The van der Waals surface area contributed by atoms with Gasteiger partial charge in [-0.2, -0.15) is 0 Å². The molecule has 1 amide bonds. The van der Waals surface area contributed by atoms with Crippen LogP contribution in [0.4, 0.5) is 28.7 Å². The number of amides is 1. The molecule has 0 fully saturated rings. The normalized spacial score (nSPS) is 11.4. The first-order chi connectivity index (χ1) is 20.4. The van der Waals surface area contributed by atoms with Gasteiger partial charge in [0.25, 0.3) is 0 Å². The van der Waals surface area contributed by atoms with E-state index in [1.165, 1.54) is 28.0 Å². The van der Waals surface area contributed by atoms with Crippen molar-refractivity contribution in [3.63, 3.8) is 0 Å². The van der Waals surface area contributed by atoms with Gasteiger partial charge in [-0.05, 0) is 49.3 Å². The minimum absolute atomic E-state index is 0.336. The van der Waals surface area contributed by atoms with Crippen LogP contribution in [-0.2, 0) is 21.2 Å². The number of ether oxygens (including phenoxy) is 1. The lowest BCUT2D eigenvalue weighted by Crippen LogP contribution is -2.29. The summed E-state index contributed by atoms with van der Waals surface area (Å²) in [6.45, 7) is 5.12. The molecule has 13 heteroatoms. The maximum absolute atomic E-state index is 12.3. The number of carbonyl (C=O) groups excluding carboxylic acids is 1. The average molecular weight is 624 g/mol. The zero-order valence-electron chi connectivity index (χ0n) is 25.2. The van der Waals surface area contributed by atoms with Crippen molar-refractivity contribution in [2.24, 2.45) is 0 Å². The van der Waals surface area contributed by atoms with E-state index in [4.69, 9.17) is 14.7 Å². The van der Waals surface area contributed by atoms with Gasteiger partial charge < -0.3 is 25.2 Å². The number of rotatable bonds is 13. The van der Waals surface area contributed by atoms with Crippen molar-refractivity contribution in [3.8, 4) is 5.75 Å². The molecular weight excluding hydrogens is 587 g/mol. The van der Waals surface area contributed by atoms with Gasteiger partial charge in [0.1, 0.15) is 5.75 Å². The Morgan fingerprint density at radius 1 is 1.05 bits per heavy atom. The number of carbonyl (C=O) groups is 1. The standard InChI is InChI=1S/C30H37N7O4S2/c1-8-28(38)31-22-18-23(27(41-6)19-26(22)36(4)15-14-35(2)3)33-30-32-21-13-16-42-29(21)24(34-30)17-20-11-9-10-12-25(20)37(5)43(7,39)40/h8-13,16,18-19H,1,14-15,17H2,2-7H3,(H,31,38)(H,32,33,34). The first-order valence-electron chi connectivity index (χ1n) is 13.5. The van der Waals surface area contributed by atoms with Gasteiger partial charge in [-0.25, -0.2) is 18.4 Å². The summed E-state index contributed by atoms with van der Waals surface area (Å²) >= 11 is 1.52. The summed E-state index contributed by atoms with van der Waals surface area (Å²) in [6, 6.07) is 12.9. The van der Waals surface area contributed by atoms with Crippen LogP contribution in [0, 0.1) is 0 Å². The van der Waals surface area contributed by atoms with Gasteiger partial charge in [-0.1, -0.05) is 24.8 Å². The number of methoxy groups -OCH3 is 1. The SMILES string of the molecule is C=CC(=O)Nc1cc(Nc2nc(Cc3ccccc3N(C)S(C)(=O)=O)c3sccc3n2)c(OC)cc1N(C)CCN(C)C. The lowest BCUT2D eigenvalue weighted by molar-refractivity contribution is -0.111. The first-order valence-corrected chi connectivity index (χ1v) is 16.2. The Morgan fingerprint density at radius 3 is 2.47 bits per heavy atom. The van der Waals surface area contributed by atoms with Crippen molar-refractivity contribution in [2.45, 2.75) is 6.42 Å². The lowest BCUT2D eigenvalue weighted by Gasteiger charge is -2.26. The molecule has 0 aliphatic carbocycles. The Bertz CT molecular complexity index is 1740. The molecule has 0 radical (unpaired) electrons. The third-order valence-corrected chi connectivity index (χ3v) is 9.01. The van der Waals surface area contributed by atoms with Gasteiger partial charge >= 0.3 is 0 Å². The highest BCUT2D eigenvalue weighted by atomic mass is 32.2. The molecule has 2 aromatic heterocycles. The number of anilines is 5. The van der Waals surface area contributed by atoms with Crippen molar-refractivity contribution < 1.29 is 17.9 Å². The summed E-state index contributed by atoms with van der Waals surface area (Å²) in [5.74, 6) is 0.538. The quantitative estimate of drug-likeness (QED) is 0.207. The summed E-state index contributed by atoms with van der Waals surface area (Å²) < 4.78 is 32.6. The number of thiophene rings is 1. The monoisotopic (exact) mass is 623 g/mol. The first kappa shape index (κ1) is 31.7. The minimum Gasteiger partial charge on any atom is -0.494 e. The number of para-hydroxylation sites is 1.